The van der Waals surface area contributed by atoms with Gasteiger partial charge in [-0.3, -0.25) is 14.2 Å². The van der Waals surface area contributed by atoms with Gasteiger partial charge < -0.3 is 4.74 Å². The molecule has 0 aliphatic rings. The number of hydrogen-bond acceptors (Lipinski definition) is 4. The summed E-state index contributed by atoms with van der Waals surface area (Å²) >= 11 is 0. The minimum Gasteiger partial charge on any atom is -0.368 e. The van der Waals surface area contributed by atoms with Crippen LogP contribution in [0.5, 0.6) is 0 Å². The predicted molar refractivity (Wildman–Crippen MR) is 186 cm³/mol. The first-order chi connectivity index (χ1) is 20.7. The molecular weight excluding hydrogens is 532 g/mol. The first kappa shape index (κ1) is 42.1. The second kappa shape index (κ2) is 24.4. The van der Waals surface area contributed by atoms with Gasteiger partial charge in [0.1, 0.15) is 12.4 Å². The molecule has 0 aliphatic carbocycles. The quantitative estimate of drug-likeness (QED) is 0.222. The van der Waals surface area contributed by atoms with Gasteiger partial charge in [0.15, 0.2) is 5.78 Å². The van der Waals surface area contributed by atoms with Crippen molar-refractivity contribution in [2.24, 2.45) is 0 Å². The van der Waals surface area contributed by atoms with Crippen molar-refractivity contribution in [3.05, 3.63) is 99.2 Å². The molecule has 3 aromatic rings. The molecule has 0 N–H and O–H groups in total. The fourth-order valence-corrected chi connectivity index (χ4v) is 4.28. The molecule has 0 spiro atoms. The molecule has 0 saturated heterocycles. The molecule has 0 amide bonds. The Labute approximate surface area is 264 Å². The highest BCUT2D eigenvalue weighted by Crippen LogP contribution is 2.27. The van der Waals surface area contributed by atoms with Crippen LogP contribution in [0.3, 0.4) is 0 Å². The summed E-state index contributed by atoms with van der Waals surface area (Å²) in [7, 11) is 0. The molecule has 5 heteroatoms. The van der Waals surface area contributed by atoms with E-state index < -0.39 is 0 Å². The molecule has 242 valence electrons. The van der Waals surface area contributed by atoms with E-state index >= 15 is 0 Å². The van der Waals surface area contributed by atoms with Crippen LogP contribution in [0.1, 0.15) is 137 Å². The average molecular weight is 595 g/mol. The third kappa shape index (κ3) is 14.3. The highest BCUT2D eigenvalue weighted by Gasteiger charge is 2.24. The van der Waals surface area contributed by atoms with Crippen molar-refractivity contribution in [1.29, 1.82) is 0 Å². The van der Waals surface area contributed by atoms with Crippen LogP contribution in [0, 0.1) is 0 Å². The Kier molecular flexibility index (Phi) is 23.9. The molecule has 0 fully saturated rings. The maximum Gasteiger partial charge on any atom is 0.257 e. The molecule has 0 atom stereocenters. The Balaban J connectivity index is 0. The number of benzene rings is 2. The summed E-state index contributed by atoms with van der Waals surface area (Å²) in [6.07, 6.45) is 2.84. The van der Waals surface area contributed by atoms with Gasteiger partial charge in [-0.25, -0.2) is 4.98 Å². The van der Waals surface area contributed by atoms with E-state index in [4.69, 9.17) is 9.72 Å². The van der Waals surface area contributed by atoms with Gasteiger partial charge >= 0.3 is 0 Å². The highest BCUT2D eigenvalue weighted by molar-refractivity contribution is 5.79. The zero-order valence-electron chi connectivity index (χ0n) is 29.7. The second-order valence-corrected chi connectivity index (χ2v) is 9.90. The third-order valence-corrected chi connectivity index (χ3v) is 5.98. The van der Waals surface area contributed by atoms with Gasteiger partial charge in [-0.15, -0.1) is 0 Å². The second-order valence-electron chi connectivity index (χ2n) is 9.90. The SMILES string of the molecule is CC.CC.CC.CC.CCCc1c(CCC(=O)COC(C)(C)C)nc(CC)n(C(c2ccccc2)c2ccccc2)c1=O. The van der Waals surface area contributed by atoms with Crippen LogP contribution in [0.25, 0.3) is 0 Å². The van der Waals surface area contributed by atoms with E-state index in [1.54, 1.807) is 0 Å². The van der Waals surface area contributed by atoms with E-state index in [-0.39, 0.29) is 29.6 Å². The molecule has 5 nitrogen and oxygen atoms in total. The lowest BCUT2D eigenvalue weighted by Gasteiger charge is -2.25. The van der Waals surface area contributed by atoms with Gasteiger partial charge in [0.25, 0.3) is 5.56 Å². The van der Waals surface area contributed by atoms with Gasteiger partial charge in [-0.05, 0) is 44.7 Å². The molecule has 43 heavy (non-hydrogen) atoms. The molecule has 0 unspecified atom stereocenters. The largest absolute Gasteiger partial charge is 0.368 e. The Morgan fingerprint density at radius 1 is 0.791 bits per heavy atom. The van der Waals surface area contributed by atoms with Gasteiger partial charge in [0.05, 0.1) is 17.3 Å². The maximum absolute atomic E-state index is 14.1. The molecule has 0 radical (unpaired) electrons. The summed E-state index contributed by atoms with van der Waals surface area (Å²) in [5.41, 5.74) is 3.18. The van der Waals surface area contributed by atoms with Crippen LogP contribution in [0.2, 0.25) is 0 Å². The molecule has 2 aromatic carbocycles. The normalized spacial score (nSPS) is 10.1. The first-order valence-electron chi connectivity index (χ1n) is 16.6. The van der Waals surface area contributed by atoms with Crippen molar-refractivity contribution in [2.75, 3.05) is 6.61 Å². The van der Waals surface area contributed by atoms with E-state index in [1.807, 2.05) is 124 Å². The highest BCUT2D eigenvalue weighted by atomic mass is 16.5. The zero-order chi connectivity index (χ0) is 33.4. The number of Topliss-reactive ketones (excluding diaryl/α,β-unsaturated/α-hetero) is 1. The molecule has 3 rings (SSSR count). The van der Waals surface area contributed by atoms with Gasteiger partial charge in [-0.1, -0.05) is 136 Å². The number of aromatic nitrogens is 2. The first-order valence-corrected chi connectivity index (χ1v) is 16.6. The van der Waals surface area contributed by atoms with Gasteiger partial charge in [0, 0.05) is 18.4 Å². The Morgan fingerprint density at radius 2 is 1.26 bits per heavy atom. The van der Waals surface area contributed by atoms with Gasteiger partial charge in [-0.2, -0.15) is 0 Å². The number of ketones is 1. The van der Waals surface area contributed by atoms with Crippen LogP contribution in [0.4, 0.5) is 0 Å². The lowest BCUT2D eigenvalue weighted by Crippen LogP contribution is -2.34. The van der Waals surface area contributed by atoms with Crippen molar-refractivity contribution in [2.45, 2.75) is 134 Å². The summed E-state index contributed by atoms with van der Waals surface area (Å²) in [4.78, 5) is 31.5. The third-order valence-electron chi connectivity index (χ3n) is 5.98. The lowest BCUT2D eigenvalue weighted by molar-refractivity contribution is -0.128. The Bertz CT molecular complexity index is 1120. The van der Waals surface area contributed by atoms with Crippen molar-refractivity contribution in [1.82, 2.24) is 9.55 Å². The predicted octanol–water partition coefficient (Wildman–Crippen LogP) is 9.82. The molecule has 1 heterocycles. The minimum absolute atomic E-state index is 0.00945. The topological polar surface area (TPSA) is 61.2 Å². The van der Waals surface area contributed by atoms with E-state index in [0.29, 0.717) is 31.2 Å². The Morgan fingerprint density at radius 3 is 1.65 bits per heavy atom. The fraction of sp³-hybridized carbons (Fsp3) is 0.553. The number of nitrogens with zero attached hydrogens (tertiary/aromatic N) is 2. The number of aryl methyl sites for hydroxylation is 2. The van der Waals surface area contributed by atoms with E-state index in [0.717, 1.165) is 29.1 Å². The Hall–Kier alpha value is -3.05. The van der Waals surface area contributed by atoms with Crippen LogP contribution in [-0.2, 0) is 28.8 Å². The molecule has 0 saturated carbocycles. The summed E-state index contributed by atoms with van der Waals surface area (Å²) in [5, 5.41) is 0. The smallest absolute Gasteiger partial charge is 0.257 e. The average Bonchev–Trinajstić information content (AvgIpc) is 3.06. The maximum atomic E-state index is 14.1. The summed E-state index contributed by atoms with van der Waals surface area (Å²) < 4.78 is 7.50. The van der Waals surface area contributed by atoms with Crippen molar-refractivity contribution in [3.8, 4) is 0 Å². The van der Waals surface area contributed by atoms with Crippen LogP contribution < -0.4 is 5.56 Å². The number of carbonyl (C=O) groups excluding carboxylic acids is 1. The standard InChI is InChI=1S/C30H38N2O3.4C2H6/c1-6-14-25-26(20-19-24(33)21-35-30(3,4)5)31-27(7-2)32(29(25)34)28(22-15-10-8-11-16-22)23-17-12-9-13-18-23;4*1-2/h8-13,15-18,28H,6-7,14,19-21H2,1-5H3;4*1-2H3. The lowest BCUT2D eigenvalue weighted by atomic mass is 9.97. The van der Waals surface area contributed by atoms with Crippen LogP contribution in [-0.4, -0.2) is 27.5 Å². The fourth-order valence-electron chi connectivity index (χ4n) is 4.28. The molecule has 1 aromatic heterocycles. The molecule has 0 aliphatic heterocycles. The van der Waals surface area contributed by atoms with Gasteiger partial charge in [0.2, 0.25) is 0 Å². The summed E-state index contributed by atoms with van der Waals surface area (Å²) in [6, 6.07) is 20.0. The monoisotopic (exact) mass is 594 g/mol. The summed E-state index contributed by atoms with van der Waals surface area (Å²) in [6.45, 7) is 26.0. The van der Waals surface area contributed by atoms with Crippen molar-refractivity contribution < 1.29 is 9.53 Å². The summed E-state index contributed by atoms with van der Waals surface area (Å²) in [5.74, 6) is 0.763. The molecule has 0 bridgehead atoms. The zero-order valence-corrected chi connectivity index (χ0v) is 29.7. The number of ether oxygens (including phenoxy) is 1. The van der Waals surface area contributed by atoms with Crippen LogP contribution >= 0.6 is 0 Å². The van der Waals surface area contributed by atoms with Crippen LogP contribution in [0.15, 0.2) is 65.5 Å². The number of carbonyl (C=O) groups is 1. The minimum atomic E-state index is -0.360. The molecular formula is C38H62N2O3. The van der Waals surface area contributed by atoms with E-state index in [1.165, 1.54) is 0 Å². The van der Waals surface area contributed by atoms with Crippen molar-refractivity contribution >= 4 is 5.78 Å². The van der Waals surface area contributed by atoms with Crippen molar-refractivity contribution in [3.63, 3.8) is 0 Å². The number of hydrogen-bond donors (Lipinski definition) is 0. The van der Waals surface area contributed by atoms with E-state index in [9.17, 15) is 9.59 Å². The van der Waals surface area contributed by atoms with E-state index in [2.05, 4.69) is 31.2 Å². The number of rotatable bonds is 11.